The molecule has 0 unspecified atom stereocenters. The fourth-order valence-electron chi connectivity index (χ4n) is 3.06. The fraction of sp³-hybridized carbons (Fsp3) is 0.286. The predicted molar refractivity (Wildman–Crippen MR) is 104 cm³/mol. The molecule has 1 heterocycles. The first-order valence-corrected chi connectivity index (χ1v) is 8.91. The van der Waals surface area contributed by atoms with E-state index in [0.29, 0.717) is 18.0 Å². The third-order valence-corrected chi connectivity index (χ3v) is 4.82. The van der Waals surface area contributed by atoms with Gasteiger partial charge in [-0.15, -0.1) is 0 Å². The van der Waals surface area contributed by atoms with E-state index in [-0.39, 0.29) is 11.3 Å². The van der Waals surface area contributed by atoms with Gasteiger partial charge in [-0.1, -0.05) is 61.8 Å². The quantitative estimate of drug-likeness (QED) is 0.653. The molecule has 2 N–H and O–H groups in total. The summed E-state index contributed by atoms with van der Waals surface area (Å²) in [7, 11) is 0. The van der Waals surface area contributed by atoms with Crippen molar-refractivity contribution >= 4 is 28.4 Å². The van der Waals surface area contributed by atoms with E-state index in [0.717, 1.165) is 17.3 Å². The van der Waals surface area contributed by atoms with Gasteiger partial charge < -0.3 is 10.3 Å². The molecule has 0 radical (unpaired) electrons. The lowest BCUT2D eigenvalue weighted by Crippen LogP contribution is -2.36. The first kappa shape index (κ1) is 17.6. The Balaban J connectivity index is 1.61. The number of benzene rings is 2. The molecule has 0 bridgehead atoms. The highest BCUT2D eigenvalue weighted by molar-refractivity contribution is 6.31. The molecule has 1 amide bonds. The first-order chi connectivity index (χ1) is 12.0. The number of carbonyl (C=O) groups excluding carboxylic acids is 1. The Morgan fingerprint density at radius 1 is 1.16 bits per heavy atom. The molecule has 2 aromatic carbocycles. The van der Waals surface area contributed by atoms with E-state index >= 15 is 0 Å². The summed E-state index contributed by atoms with van der Waals surface area (Å²) >= 11 is 6.05. The normalized spacial score (nSPS) is 11.6. The molecule has 0 aliphatic rings. The molecule has 0 spiro atoms. The molecule has 0 aliphatic heterocycles. The minimum absolute atomic E-state index is 0.0832. The highest BCUT2D eigenvalue weighted by Crippen LogP contribution is 2.31. The smallest absolute Gasteiger partial charge is 0.220 e. The van der Waals surface area contributed by atoms with Crippen LogP contribution in [0.1, 0.15) is 31.4 Å². The van der Waals surface area contributed by atoms with Crippen LogP contribution in [0.2, 0.25) is 5.02 Å². The maximum Gasteiger partial charge on any atom is 0.220 e. The average Bonchev–Trinajstić information content (AvgIpc) is 3.03. The van der Waals surface area contributed by atoms with E-state index in [1.54, 1.807) is 0 Å². The Morgan fingerprint density at radius 2 is 1.92 bits per heavy atom. The van der Waals surface area contributed by atoms with Gasteiger partial charge in [0, 0.05) is 40.5 Å². The van der Waals surface area contributed by atoms with Gasteiger partial charge in [0.15, 0.2) is 0 Å². The molecule has 3 nitrogen and oxygen atoms in total. The molecule has 0 atom stereocenters. The zero-order chi connectivity index (χ0) is 17.9. The number of H-pyrrole nitrogens is 1. The maximum atomic E-state index is 12.2. The van der Waals surface area contributed by atoms with Gasteiger partial charge in [-0.2, -0.15) is 0 Å². The van der Waals surface area contributed by atoms with Crippen LogP contribution in [0.15, 0.2) is 54.7 Å². The van der Waals surface area contributed by atoms with Crippen molar-refractivity contribution < 1.29 is 4.79 Å². The Bertz CT molecular complexity index is 868. The Labute approximate surface area is 153 Å². The van der Waals surface area contributed by atoms with Gasteiger partial charge in [0.2, 0.25) is 5.91 Å². The van der Waals surface area contributed by atoms with Crippen LogP contribution in [0.5, 0.6) is 0 Å². The lowest BCUT2D eigenvalue weighted by Gasteiger charge is -2.25. The van der Waals surface area contributed by atoms with Gasteiger partial charge in [-0.25, -0.2) is 0 Å². The number of aromatic amines is 1. The minimum Gasteiger partial charge on any atom is -0.361 e. The molecule has 0 saturated carbocycles. The highest BCUT2D eigenvalue weighted by atomic mass is 35.5. The van der Waals surface area contributed by atoms with Crippen molar-refractivity contribution in [2.45, 2.75) is 32.1 Å². The molecule has 1 aromatic heterocycles. The van der Waals surface area contributed by atoms with E-state index in [4.69, 9.17) is 11.6 Å². The number of aromatic nitrogens is 1. The van der Waals surface area contributed by atoms with Gasteiger partial charge in [0.05, 0.1) is 0 Å². The van der Waals surface area contributed by atoms with Gasteiger partial charge >= 0.3 is 0 Å². The van der Waals surface area contributed by atoms with Crippen molar-refractivity contribution in [2.24, 2.45) is 0 Å². The number of amides is 1. The van der Waals surface area contributed by atoms with Crippen LogP contribution in [0.25, 0.3) is 10.9 Å². The topological polar surface area (TPSA) is 44.9 Å². The van der Waals surface area contributed by atoms with E-state index < -0.39 is 0 Å². The van der Waals surface area contributed by atoms with E-state index in [1.807, 2.05) is 54.7 Å². The predicted octanol–water partition coefficient (Wildman–Crippen LogP) is 4.85. The fourth-order valence-corrected chi connectivity index (χ4v) is 3.24. The number of nitrogens with one attached hydrogen (secondary N) is 2. The maximum absolute atomic E-state index is 12.2. The first-order valence-electron chi connectivity index (χ1n) is 8.53. The second-order valence-electron chi connectivity index (χ2n) is 7.04. The summed E-state index contributed by atoms with van der Waals surface area (Å²) < 4.78 is 0. The number of hydrogen-bond acceptors (Lipinski definition) is 1. The van der Waals surface area contributed by atoms with Crippen LogP contribution in [0.3, 0.4) is 0 Å². The van der Waals surface area contributed by atoms with Gasteiger partial charge in [0.1, 0.15) is 0 Å². The number of halogens is 1. The molecule has 0 fully saturated rings. The molecule has 130 valence electrons. The number of fused-ring (bicyclic) bond motifs is 1. The van der Waals surface area contributed by atoms with Gasteiger partial charge in [-0.05, 0) is 29.7 Å². The second-order valence-corrected chi connectivity index (χ2v) is 7.47. The summed E-state index contributed by atoms with van der Waals surface area (Å²) in [6, 6.07) is 15.9. The Kier molecular flexibility index (Phi) is 5.14. The van der Waals surface area contributed by atoms with E-state index in [2.05, 4.69) is 24.1 Å². The summed E-state index contributed by atoms with van der Waals surface area (Å²) in [6.45, 7) is 4.87. The molecule has 0 aliphatic carbocycles. The summed E-state index contributed by atoms with van der Waals surface area (Å²) in [5, 5.41) is 4.94. The van der Waals surface area contributed by atoms with Crippen LogP contribution in [0, 0.1) is 0 Å². The molecule has 3 rings (SSSR count). The number of rotatable bonds is 6. The highest BCUT2D eigenvalue weighted by Gasteiger charge is 2.24. The second kappa shape index (κ2) is 7.32. The van der Waals surface area contributed by atoms with E-state index in [9.17, 15) is 4.79 Å². The van der Waals surface area contributed by atoms with Crippen molar-refractivity contribution in [3.05, 3.63) is 70.9 Å². The summed E-state index contributed by atoms with van der Waals surface area (Å²) in [4.78, 5) is 15.5. The number of hydrogen-bond donors (Lipinski definition) is 2. The molecule has 3 aromatic rings. The van der Waals surface area contributed by atoms with Gasteiger partial charge in [-0.3, -0.25) is 4.79 Å². The summed E-state index contributed by atoms with van der Waals surface area (Å²) in [6.07, 6.45) is 3.28. The van der Waals surface area contributed by atoms with Gasteiger partial charge in [0.25, 0.3) is 0 Å². The zero-order valence-corrected chi connectivity index (χ0v) is 15.4. The molecule has 4 heteroatoms. The third-order valence-electron chi connectivity index (χ3n) is 4.58. The molecular weight excluding hydrogens is 332 g/mol. The molecule has 0 saturated heterocycles. The van der Waals surface area contributed by atoms with Crippen molar-refractivity contribution in [3.8, 4) is 0 Å². The van der Waals surface area contributed by atoms with Crippen LogP contribution < -0.4 is 5.32 Å². The zero-order valence-electron chi connectivity index (χ0n) is 14.6. The molecular formula is C21H23ClN2O. The standard InChI is InChI=1S/C21H23ClN2O/c1-21(2,18-13-23-19-12-16(22)9-10-17(18)19)14-24-20(25)11-8-15-6-4-3-5-7-15/h3-7,9-10,12-13,23H,8,11,14H2,1-2H3,(H,24,25). The summed E-state index contributed by atoms with van der Waals surface area (Å²) in [5.74, 6) is 0.0832. The Hall–Kier alpha value is -2.26. The van der Waals surface area contributed by atoms with Crippen LogP contribution in [-0.4, -0.2) is 17.4 Å². The van der Waals surface area contributed by atoms with Crippen molar-refractivity contribution in [1.29, 1.82) is 0 Å². The van der Waals surface area contributed by atoms with Crippen LogP contribution >= 0.6 is 11.6 Å². The van der Waals surface area contributed by atoms with Crippen LogP contribution in [-0.2, 0) is 16.6 Å². The number of carbonyl (C=O) groups is 1. The van der Waals surface area contributed by atoms with Crippen molar-refractivity contribution in [1.82, 2.24) is 10.3 Å². The lowest BCUT2D eigenvalue weighted by molar-refractivity contribution is -0.121. The van der Waals surface area contributed by atoms with Crippen molar-refractivity contribution in [2.75, 3.05) is 6.54 Å². The summed E-state index contributed by atoms with van der Waals surface area (Å²) in [5.41, 5.74) is 3.22. The van der Waals surface area contributed by atoms with Crippen molar-refractivity contribution in [3.63, 3.8) is 0 Å². The average molecular weight is 355 g/mol. The largest absolute Gasteiger partial charge is 0.361 e. The lowest BCUT2D eigenvalue weighted by atomic mass is 9.84. The van der Waals surface area contributed by atoms with Crippen LogP contribution in [0.4, 0.5) is 0 Å². The third kappa shape index (κ3) is 4.23. The van der Waals surface area contributed by atoms with E-state index in [1.165, 1.54) is 11.1 Å². The Morgan fingerprint density at radius 3 is 2.68 bits per heavy atom. The number of aryl methyl sites for hydroxylation is 1. The monoisotopic (exact) mass is 354 g/mol. The molecule has 25 heavy (non-hydrogen) atoms. The SMILES string of the molecule is CC(C)(CNC(=O)CCc1ccccc1)c1c[nH]c2cc(Cl)ccc12. The minimum atomic E-state index is -0.172.